The molecule has 1 aromatic heterocycles. The number of hydrogen-bond donors (Lipinski definition) is 1. The van der Waals surface area contributed by atoms with Gasteiger partial charge in [0.25, 0.3) is 0 Å². The minimum Gasteiger partial charge on any atom is -0.481 e. The van der Waals surface area contributed by atoms with Crippen LogP contribution in [0, 0.1) is 0 Å². The predicted octanol–water partition coefficient (Wildman–Crippen LogP) is 0.620. The highest BCUT2D eigenvalue weighted by Gasteiger charge is 2.22. The second-order valence-corrected chi connectivity index (χ2v) is 2.92. The average Bonchev–Trinajstić information content (AvgIpc) is 2.65. The van der Waals surface area contributed by atoms with Crippen molar-refractivity contribution in [3.05, 3.63) is 18.2 Å². The third-order valence-electron chi connectivity index (χ3n) is 2.05. The van der Waals surface area contributed by atoms with Gasteiger partial charge in [0, 0.05) is 19.2 Å². The van der Waals surface area contributed by atoms with Crippen molar-refractivity contribution >= 4 is 11.8 Å². The zero-order chi connectivity index (χ0) is 9.97. The smallest absolute Gasteiger partial charge is 0.323 e. The molecule has 1 fully saturated rings. The van der Waals surface area contributed by atoms with E-state index in [0.29, 0.717) is 24.8 Å². The number of ether oxygens (including phenoxy) is 1. The van der Waals surface area contributed by atoms with E-state index in [1.54, 1.807) is 24.1 Å². The molecule has 14 heavy (non-hydrogen) atoms. The normalized spacial score (nSPS) is 15.5. The molecule has 2 rings (SSSR count). The molecule has 5 heteroatoms. The molecule has 0 radical (unpaired) electrons. The molecule has 2 heterocycles. The molecule has 5 nitrogen and oxygen atoms in total. The van der Waals surface area contributed by atoms with Crippen molar-refractivity contribution in [3.63, 3.8) is 0 Å². The van der Waals surface area contributed by atoms with Crippen molar-refractivity contribution in [3.8, 4) is 5.88 Å². The molecule has 0 spiro atoms. The van der Waals surface area contributed by atoms with Crippen molar-refractivity contribution in [1.29, 1.82) is 0 Å². The molecule has 74 valence electrons. The van der Waals surface area contributed by atoms with Gasteiger partial charge in [-0.15, -0.1) is 0 Å². The fraction of sp³-hybridized carbons (Fsp3) is 0.333. The van der Waals surface area contributed by atoms with Crippen LogP contribution in [0.15, 0.2) is 18.2 Å². The van der Waals surface area contributed by atoms with Gasteiger partial charge in [-0.25, -0.2) is 4.79 Å². The molecule has 1 aliphatic heterocycles. The average molecular weight is 193 g/mol. The number of hydrogen-bond acceptors (Lipinski definition) is 3. The Morgan fingerprint density at radius 3 is 3.07 bits per heavy atom. The van der Waals surface area contributed by atoms with Crippen molar-refractivity contribution in [2.75, 3.05) is 25.1 Å². The third-order valence-corrected chi connectivity index (χ3v) is 2.05. The molecule has 0 bridgehead atoms. The highest BCUT2D eigenvalue weighted by atomic mass is 16.5. The first-order chi connectivity index (χ1) is 6.81. The Morgan fingerprint density at radius 1 is 1.57 bits per heavy atom. The van der Waals surface area contributed by atoms with E-state index in [-0.39, 0.29) is 6.03 Å². The Kier molecular flexibility index (Phi) is 2.22. The second kappa shape index (κ2) is 3.53. The van der Waals surface area contributed by atoms with E-state index in [9.17, 15) is 4.79 Å². The number of carbonyl (C=O) groups excluding carboxylic acids is 1. The lowest BCUT2D eigenvalue weighted by atomic mass is 10.4. The van der Waals surface area contributed by atoms with Gasteiger partial charge in [0.1, 0.15) is 5.82 Å². The van der Waals surface area contributed by atoms with Crippen LogP contribution in [0.3, 0.4) is 0 Å². The molecule has 0 aromatic carbocycles. The molecule has 1 saturated heterocycles. The Morgan fingerprint density at radius 2 is 2.43 bits per heavy atom. The summed E-state index contributed by atoms with van der Waals surface area (Å²) in [6.45, 7) is 1.32. The van der Waals surface area contributed by atoms with Crippen LogP contribution >= 0.6 is 0 Å². The first-order valence-electron chi connectivity index (χ1n) is 4.37. The number of carbonyl (C=O) groups is 1. The topological polar surface area (TPSA) is 54.5 Å². The first-order valence-corrected chi connectivity index (χ1v) is 4.37. The molecular formula is C9H11N3O2. The molecule has 0 aliphatic carbocycles. The minimum atomic E-state index is -0.106. The van der Waals surface area contributed by atoms with Crippen LogP contribution in [-0.2, 0) is 0 Å². The second-order valence-electron chi connectivity index (χ2n) is 2.92. The highest BCUT2D eigenvalue weighted by molar-refractivity contribution is 5.93. The van der Waals surface area contributed by atoms with Gasteiger partial charge in [0.2, 0.25) is 5.88 Å². The molecule has 0 saturated carbocycles. The number of aromatic nitrogens is 1. The molecule has 2 amide bonds. The number of methoxy groups -OCH3 is 1. The molecule has 1 N–H and O–H groups in total. The maximum atomic E-state index is 11.3. The Bertz CT molecular complexity index is 354. The minimum absolute atomic E-state index is 0.106. The standard InChI is InChI=1S/C9H11N3O2/c1-14-8-4-2-3-7(11-8)12-6-5-10-9(12)13/h2-4H,5-6H2,1H3,(H,10,13). The van der Waals surface area contributed by atoms with E-state index >= 15 is 0 Å². The van der Waals surface area contributed by atoms with Gasteiger partial charge in [0.15, 0.2) is 0 Å². The van der Waals surface area contributed by atoms with Crippen molar-refractivity contribution in [2.24, 2.45) is 0 Å². The Balaban J connectivity index is 2.26. The lowest BCUT2D eigenvalue weighted by molar-refractivity contribution is 0.252. The first kappa shape index (κ1) is 8.80. The van der Waals surface area contributed by atoms with E-state index in [1.165, 1.54) is 0 Å². The Labute approximate surface area is 81.7 Å². The van der Waals surface area contributed by atoms with Gasteiger partial charge < -0.3 is 10.1 Å². The van der Waals surface area contributed by atoms with E-state index in [1.807, 2.05) is 6.07 Å². The molecule has 1 aromatic rings. The summed E-state index contributed by atoms with van der Waals surface area (Å²) in [4.78, 5) is 17.1. The number of anilines is 1. The quantitative estimate of drug-likeness (QED) is 0.749. The number of nitrogens with zero attached hydrogens (tertiary/aromatic N) is 2. The summed E-state index contributed by atoms with van der Waals surface area (Å²) in [5, 5.41) is 2.71. The van der Waals surface area contributed by atoms with E-state index in [2.05, 4.69) is 10.3 Å². The maximum Gasteiger partial charge on any atom is 0.323 e. The fourth-order valence-electron chi connectivity index (χ4n) is 1.36. The molecule has 1 aliphatic rings. The van der Waals surface area contributed by atoms with E-state index in [0.717, 1.165) is 0 Å². The summed E-state index contributed by atoms with van der Waals surface area (Å²) in [6, 6.07) is 5.24. The van der Waals surface area contributed by atoms with Crippen LogP contribution in [0.4, 0.5) is 10.6 Å². The lowest BCUT2D eigenvalue weighted by Gasteiger charge is -2.13. The van der Waals surface area contributed by atoms with Gasteiger partial charge in [-0.3, -0.25) is 4.90 Å². The largest absolute Gasteiger partial charge is 0.481 e. The van der Waals surface area contributed by atoms with Crippen molar-refractivity contribution < 1.29 is 9.53 Å². The van der Waals surface area contributed by atoms with E-state index < -0.39 is 0 Å². The van der Waals surface area contributed by atoms with Gasteiger partial charge in [-0.2, -0.15) is 4.98 Å². The number of nitrogens with one attached hydrogen (secondary N) is 1. The van der Waals surface area contributed by atoms with Crippen LogP contribution in [-0.4, -0.2) is 31.2 Å². The summed E-state index contributed by atoms with van der Waals surface area (Å²) in [5.74, 6) is 1.14. The molecule has 0 unspecified atom stereocenters. The predicted molar refractivity (Wildman–Crippen MR) is 51.5 cm³/mol. The summed E-state index contributed by atoms with van der Waals surface area (Å²) in [6.07, 6.45) is 0. The summed E-state index contributed by atoms with van der Waals surface area (Å²) < 4.78 is 4.98. The number of pyridine rings is 1. The van der Waals surface area contributed by atoms with E-state index in [4.69, 9.17) is 4.74 Å². The SMILES string of the molecule is COc1cccc(N2CCNC2=O)n1. The van der Waals surface area contributed by atoms with Gasteiger partial charge in [-0.1, -0.05) is 6.07 Å². The highest BCUT2D eigenvalue weighted by Crippen LogP contribution is 2.16. The molecular weight excluding hydrogens is 182 g/mol. The van der Waals surface area contributed by atoms with Crippen LogP contribution < -0.4 is 15.0 Å². The van der Waals surface area contributed by atoms with Crippen molar-refractivity contribution in [1.82, 2.24) is 10.3 Å². The molecule has 0 atom stereocenters. The van der Waals surface area contributed by atoms with Crippen LogP contribution in [0.1, 0.15) is 0 Å². The monoisotopic (exact) mass is 193 g/mol. The zero-order valence-electron chi connectivity index (χ0n) is 7.86. The Hall–Kier alpha value is -1.78. The maximum absolute atomic E-state index is 11.3. The lowest BCUT2D eigenvalue weighted by Crippen LogP contribution is -2.28. The van der Waals surface area contributed by atoms with Gasteiger partial charge in [-0.05, 0) is 6.07 Å². The van der Waals surface area contributed by atoms with Crippen molar-refractivity contribution in [2.45, 2.75) is 0 Å². The summed E-state index contributed by atoms with van der Waals surface area (Å²) in [7, 11) is 1.55. The van der Waals surface area contributed by atoms with Crippen LogP contribution in [0.5, 0.6) is 5.88 Å². The van der Waals surface area contributed by atoms with Gasteiger partial charge in [0.05, 0.1) is 7.11 Å². The summed E-state index contributed by atoms with van der Waals surface area (Å²) in [5.41, 5.74) is 0. The number of urea groups is 1. The third kappa shape index (κ3) is 1.48. The zero-order valence-corrected chi connectivity index (χ0v) is 7.86. The van der Waals surface area contributed by atoms with Crippen LogP contribution in [0.25, 0.3) is 0 Å². The van der Waals surface area contributed by atoms with Gasteiger partial charge >= 0.3 is 6.03 Å². The number of amides is 2. The number of rotatable bonds is 2. The van der Waals surface area contributed by atoms with Crippen LogP contribution in [0.2, 0.25) is 0 Å². The summed E-state index contributed by atoms with van der Waals surface area (Å²) >= 11 is 0. The fourth-order valence-corrected chi connectivity index (χ4v) is 1.36.